The van der Waals surface area contributed by atoms with Crippen molar-refractivity contribution in [1.82, 2.24) is 35.0 Å². The number of carbonyl (C=O) groups excluding carboxylic acids is 1. The van der Waals surface area contributed by atoms with Gasteiger partial charge in [0, 0.05) is 20.0 Å². The van der Waals surface area contributed by atoms with Crippen LogP contribution in [0.3, 0.4) is 0 Å². The molecule has 1 amide bonds. The molecule has 3 rings (SSSR count). The average molecular weight is 275 g/mol. The maximum absolute atomic E-state index is 11.2. The van der Waals surface area contributed by atoms with Crippen molar-refractivity contribution < 1.29 is 4.79 Å². The highest BCUT2D eigenvalue weighted by molar-refractivity contribution is 5.79. The number of aromatic nitrogens is 6. The third-order valence-corrected chi connectivity index (χ3v) is 2.78. The summed E-state index contributed by atoms with van der Waals surface area (Å²) in [5, 5.41) is 12.7. The molecule has 1 unspecified atom stereocenters. The van der Waals surface area contributed by atoms with Gasteiger partial charge < -0.3 is 16.0 Å². The third kappa shape index (κ3) is 2.48. The molecular formula is C10H13N9O. The van der Waals surface area contributed by atoms with Crippen molar-refractivity contribution in [2.45, 2.75) is 12.5 Å². The Morgan fingerprint density at radius 1 is 1.35 bits per heavy atom. The first-order valence-electron chi connectivity index (χ1n) is 6.06. The molecule has 3 N–H and O–H groups in total. The van der Waals surface area contributed by atoms with E-state index in [1.165, 1.54) is 17.3 Å². The van der Waals surface area contributed by atoms with E-state index in [0.29, 0.717) is 30.8 Å². The van der Waals surface area contributed by atoms with E-state index in [4.69, 9.17) is 0 Å². The quantitative estimate of drug-likeness (QED) is 0.635. The summed E-state index contributed by atoms with van der Waals surface area (Å²) in [6.07, 6.45) is 3.30. The second-order valence-corrected chi connectivity index (χ2v) is 4.22. The minimum absolute atomic E-state index is 0.0156. The van der Waals surface area contributed by atoms with Crippen LogP contribution in [0.1, 0.15) is 6.42 Å². The van der Waals surface area contributed by atoms with E-state index in [0.717, 1.165) is 0 Å². The molecule has 104 valence electrons. The highest BCUT2D eigenvalue weighted by atomic mass is 16.1. The minimum atomic E-state index is -0.0294. The fraction of sp³-hybridized carbons (Fsp3) is 0.400. The van der Waals surface area contributed by atoms with Crippen molar-refractivity contribution in [2.24, 2.45) is 0 Å². The van der Waals surface area contributed by atoms with Gasteiger partial charge in [0.25, 0.3) is 5.95 Å². The zero-order valence-electron chi connectivity index (χ0n) is 10.7. The van der Waals surface area contributed by atoms with Crippen LogP contribution in [0.25, 0.3) is 5.95 Å². The fourth-order valence-corrected chi connectivity index (χ4v) is 1.84. The molecule has 1 fully saturated rings. The Morgan fingerprint density at radius 3 is 2.85 bits per heavy atom. The fourth-order valence-electron chi connectivity index (χ4n) is 1.84. The van der Waals surface area contributed by atoms with Crippen LogP contribution in [0.15, 0.2) is 12.7 Å². The topological polar surface area (TPSA) is 123 Å². The zero-order valence-corrected chi connectivity index (χ0v) is 10.7. The van der Waals surface area contributed by atoms with E-state index >= 15 is 0 Å². The molecule has 1 atom stereocenters. The number of nitrogens with zero attached hydrogens (tertiary/aromatic N) is 6. The first-order chi connectivity index (χ1) is 9.74. The standard InChI is InChI=1S/C10H13N9O/c1-11-8-16-9(15-6-2-7(20)13-3-6)18-10(17-8)19-5-12-4-14-19/h4-6H,2-3H2,1H3,(H,13,20)(H2,11,15,16,17,18). The summed E-state index contributed by atoms with van der Waals surface area (Å²) in [4.78, 5) is 27.7. The van der Waals surface area contributed by atoms with Gasteiger partial charge in [0.2, 0.25) is 17.8 Å². The van der Waals surface area contributed by atoms with E-state index in [-0.39, 0.29) is 11.9 Å². The first-order valence-corrected chi connectivity index (χ1v) is 6.06. The summed E-state index contributed by atoms with van der Waals surface area (Å²) < 4.78 is 1.44. The Hall–Kier alpha value is -2.78. The molecule has 10 heteroatoms. The number of carbonyl (C=O) groups is 1. The van der Waals surface area contributed by atoms with Crippen molar-refractivity contribution in [2.75, 3.05) is 24.2 Å². The van der Waals surface area contributed by atoms with Crippen molar-refractivity contribution in [3.05, 3.63) is 12.7 Å². The van der Waals surface area contributed by atoms with Gasteiger partial charge in [0.15, 0.2) is 0 Å². The second kappa shape index (κ2) is 5.07. The average Bonchev–Trinajstić information content (AvgIpc) is 3.10. The number of hydrogen-bond donors (Lipinski definition) is 3. The molecule has 0 bridgehead atoms. The van der Waals surface area contributed by atoms with Crippen LogP contribution in [-0.4, -0.2) is 55.3 Å². The highest BCUT2D eigenvalue weighted by Gasteiger charge is 2.22. The van der Waals surface area contributed by atoms with Crippen molar-refractivity contribution in [1.29, 1.82) is 0 Å². The van der Waals surface area contributed by atoms with Crippen LogP contribution in [0.4, 0.5) is 11.9 Å². The molecule has 1 aliphatic heterocycles. The molecule has 0 radical (unpaired) electrons. The highest BCUT2D eigenvalue weighted by Crippen LogP contribution is 2.11. The summed E-state index contributed by atoms with van der Waals surface area (Å²) in [7, 11) is 1.71. The normalized spacial score (nSPS) is 17.9. The Bertz CT molecular complexity index is 611. The molecule has 0 spiro atoms. The Balaban J connectivity index is 1.86. The van der Waals surface area contributed by atoms with Gasteiger partial charge in [0.05, 0.1) is 6.04 Å². The Labute approximate surface area is 114 Å². The van der Waals surface area contributed by atoms with Crippen LogP contribution in [0.5, 0.6) is 0 Å². The predicted octanol–water partition coefficient (Wildman–Crippen LogP) is -1.21. The van der Waals surface area contributed by atoms with Gasteiger partial charge in [-0.25, -0.2) is 4.98 Å². The van der Waals surface area contributed by atoms with Crippen LogP contribution in [0, 0.1) is 0 Å². The van der Waals surface area contributed by atoms with E-state index < -0.39 is 0 Å². The van der Waals surface area contributed by atoms with Gasteiger partial charge in [0.1, 0.15) is 12.7 Å². The second-order valence-electron chi connectivity index (χ2n) is 4.22. The lowest BCUT2D eigenvalue weighted by molar-refractivity contribution is -0.119. The number of rotatable bonds is 4. The minimum Gasteiger partial charge on any atom is -0.357 e. The number of hydrogen-bond acceptors (Lipinski definition) is 8. The van der Waals surface area contributed by atoms with Crippen LogP contribution in [-0.2, 0) is 4.79 Å². The lowest BCUT2D eigenvalue weighted by Gasteiger charge is -2.11. The molecule has 0 aliphatic carbocycles. The van der Waals surface area contributed by atoms with Gasteiger partial charge in [-0.1, -0.05) is 0 Å². The van der Waals surface area contributed by atoms with Gasteiger partial charge >= 0.3 is 0 Å². The molecule has 2 aromatic rings. The molecule has 10 nitrogen and oxygen atoms in total. The number of anilines is 2. The van der Waals surface area contributed by atoms with Gasteiger partial charge in [-0.3, -0.25) is 4.79 Å². The smallest absolute Gasteiger partial charge is 0.258 e. The molecule has 1 saturated heterocycles. The predicted molar refractivity (Wildman–Crippen MR) is 69.3 cm³/mol. The Kier molecular flexibility index (Phi) is 3.11. The summed E-state index contributed by atoms with van der Waals surface area (Å²) in [6, 6.07) is -0.0294. The van der Waals surface area contributed by atoms with E-state index in [1.807, 2.05) is 0 Å². The number of nitrogens with one attached hydrogen (secondary N) is 3. The summed E-state index contributed by atoms with van der Waals surface area (Å²) >= 11 is 0. The third-order valence-electron chi connectivity index (χ3n) is 2.78. The summed E-state index contributed by atoms with van der Waals surface area (Å²) in [6.45, 7) is 0.554. The lowest BCUT2D eigenvalue weighted by Crippen LogP contribution is -2.24. The molecular weight excluding hydrogens is 262 g/mol. The molecule has 2 aromatic heterocycles. The summed E-state index contributed by atoms with van der Waals surface area (Å²) in [5.41, 5.74) is 0. The zero-order chi connectivity index (χ0) is 13.9. The number of amides is 1. The lowest BCUT2D eigenvalue weighted by atomic mass is 10.3. The molecule has 1 aliphatic rings. The van der Waals surface area contributed by atoms with Crippen LogP contribution >= 0.6 is 0 Å². The van der Waals surface area contributed by atoms with E-state index in [2.05, 4.69) is 41.0 Å². The van der Waals surface area contributed by atoms with E-state index in [1.54, 1.807) is 7.05 Å². The monoisotopic (exact) mass is 275 g/mol. The molecule has 0 aromatic carbocycles. The largest absolute Gasteiger partial charge is 0.357 e. The van der Waals surface area contributed by atoms with Gasteiger partial charge in [-0.2, -0.15) is 24.7 Å². The summed E-state index contributed by atoms with van der Waals surface area (Å²) in [5.74, 6) is 1.16. The molecule has 0 saturated carbocycles. The van der Waals surface area contributed by atoms with Crippen LogP contribution < -0.4 is 16.0 Å². The van der Waals surface area contributed by atoms with Gasteiger partial charge in [-0.15, -0.1) is 0 Å². The van der Waals surface area contributed by atoms with Crippen molar-refractivity contribution in [3.8, 4) is 5.95 Å². The molecule has 20 heavy (non-hydrogen) atoms. The van der Waals surface area contributed by atoms with Gasteiger partial charge in [-0.05, 0) is 0 Å². The SMILES string of the molecule is CNc1nc(NC2CNC(=O)C2)nc(-n2cncn2)n1. The first kappa shape index (κ1) is 12.3. The van der Waals surface area contributed by atoms with Crippen LogP contribution in [0.2, 0.25) is 0 Å². The van der Waals surface area contributed by atoms with E-state index in [9.17, 15) is 4.79 Å². The maximum atomic E-state index is 11.2. The van der Waals surface area contributed by atoms with Crippen molar-refractivity contribution >= 4 is 17.8 Å². The maximum Gasteiger partial charge on any atom is 0.258 e. The Morgan fingerprint density at radius 2 is 2.20 bits per heavy atom. The molecule has 3 heterocycles. The van der Waals surface area contributed by atoms with Crippen molar-refractivity contribution in [3.63, 3.8) is 0 Å².